The van der Waals surface area contributed by atoms with E-state index in [0.717, 1.165) is 0 Å². The van der Waals surface area contributed by atoms with Gasteiger partial charge in [-0.05, 0) is 23.3 Å². The molecule has 0 bridgehead atoms. The SMILES string of the molecule is COC(=O)c1c2c(cc3c1C(=O)N[C@@H]1C3=C[C@H](O)[C@@H](O)C1O)OCO2. The molecule has 4 N–H and O–H groups in total. The van der Waals surface area contributed by atoms with E-state index in [1.165, 1.54) is 19.3 Å². The van der Waals surface area contributed by atoms with E-state index in [-0.39, 0.29) is 29.4 Å². The largest absolute Gasteiger partial charge is 0.465 e. The van der Waals surface area contributed by atoms with Gasteiger partial charge in [-0.3, -0.25) is 4.79 Å². The topological polar surface area (TPSA) is 135 Å². The fourth-order valence-corrected chi connectivity index (χ4v) is 3.41. The molecule has 2 heterocycles. The molecule has 0 radical (unpaired) electrons. The minimum absolute atomic E-state index is 0.00869. The van der Waals surface area contributed by atoms with Crippen molar-refractivity contribution in [1.82, 2.24) is 5.32 Å². The molecule has 25 heavy (non-hydrogen) atoms. The monoisotopic (exact) mass is 349 g/mol. The average Bonchev–Trinajstić information content (AvgIpc) is 3.07. The first kappa shape index (κ1) is 15.9. The molecule has 0 saturated heterocycles. The van der Waals surface area contributed by atoms with E-state index in [9.17, 15) is 24.9 Å². The summed E-state index contributed by atoms with van der Waals surface area (Å²) in [6.45, 7) is -0.115. The maximum Gasteiger partial charge on any atom is 0.342 e. The van der Waals surface area contributed by atoms with E-state index >= 15 is 0 Å². The van der Waals surface area contributed by atoms with Crippen molar-refractivity contribution in [2.45, 2.75) is 24.4 Å². The van der Waals surface area contributed by atoms with Crippen LogP contribution in [0.2, 0.25) is 0 Å². The molecule has 0 saturated carbocycles. The number of aliphatic hydroxyl groups is 3. The Morgan fingerprint density at radius 2 is 2.04 bits per heavy atom. The summed E-state index contributed by atoms with van der Waals surface area (Å²) in [5, 5.41) is 32.5. The van der Waals surface area contributed by atoms with E-state index in [0.29, 0.717) is 11.1 Å². The average molecular weight is 349 g/mol. The standard InChI is InChI=1S/C16H15NO8/c1-23-16(22)10-9-5(3-8-14(10)25-4-24-8)6-2-7(18)12(19)13(20)11(6)17-15(9)21/h2-3,7,11-13,18-20H,4H2,1H3,(H,17,21)/t7-,11+,12+,13?/m0/s1. The number of fused-ring (bicyclic) bond motifs is 4. The third kappa shape index (κ3) is 2.13. The van der Waals surface area contributed by atoms with Crippen LogP contribution in [0.4, 0.5) is 0 Å². The Hall–Kier alpha value is -2.62. The fraction of sp³-hybridized carbons (Fsp3) is 0.375. The molecule has 9 heteroatoms. The zero-order valence-electron chi connectivity index (χ0n) is 13.1. The van der Waals surface area contributed by atoms with Crippen molar-refractivity contribution >= 4 is 17.4 Å². The van der Waals surface area contributed by atoms with Crippen LogP contribution in [-0.2, 0) is 4.74 Å². The zero-order chi connectivity index (χ0) is 17.9. The maximum absolute atomic E-state index is 12.6. The highest BCUT2D eigenvalue weighted by atomic mass is 16.7. The van der Waals surface area contributed by atoms with Crippen molar-refractivity contribution in [3.8, 4) is 11.5 Å². The normalized spacial score (nSPS) is 29.3. The molecule has 1 aromatic rings. The number of rotatable bonds is 1. The molecule has 1 amide bonds. The van der Waals surface area contributed by atoms with Gasteiger partial charge in [0.15, 0.2) is 11.5 Å². The molecule has 1 unspecified atom stereocenters. The van der Waals surface area contributed by atoms with E-state index < -0.39 is 36.2 Å². The van der Waals surface area contributed by atoms with Gasteiger partial charge in [0.25, 0.3) is 5.91 Å². The Balaban J connectivity index is 1.99. The van der Waals surface area contributed by atoms with Gasteiger partial charge in [0.2, 0.25) is 6.79 Å². The van der Waals surface area contributed by atoms with Crippen LogP contribution in [0, 0.1) is 0 Å². The van der Waals surface area contributed by atoms with Crippen LogP contribution < -0.4 is 14.8 Å². The highest BCUT2D eigenvalue weighted by Crippen LogP contribution is 2.45. The molecule has 9 nitrogen and oxygen atoms in total. The lowest BCUT2D eigenvalue weighted by atomic mass is 9.78. The van der Waals surface area contributed by atoms with Crippen LogP contribution in [0.15, 0.2) is 12.1 Å². The molecule has 2 aliphatic heterocycles. The first-order valence-corrected chi connectivity index (χ1v) is 7.56. The van der Waals surface area contributed by atoms with Gasteiger partial charge in [-0.1, -0.05) is 0 Å². The lowest BCUT2D eigenvalue weighted by Crippen LogP contribution is -2.57. The molecule has 1 aromatic carbocycles. The van der Waals surface area contributed by atoms with Gasteiger partial charge in [0.1, 0.15) is 23.9 Å². The second-order valence-corrected chi connectivity index (χ2v) is 5.94. The fourth-order valence-electron chi connectivity index (χ4n) is 3.41. The number of aliphatic hydroxyl groups excluding tert-OH is 3. The molecule has 0 aromatic heterocycles. The van der Waals surface area contributed by atoms with Crippen LogP contribution in [0.25, 0.3) is 5.57 Å². The number of amides is 1. The second-order valence-electron chi connectivity index (χ2n) is 5.94. The molecule has 1 aliphatic carbocycles. The predicted octanol–water partition coefficient (Wildman–Crippen LogP) is -1.21. The number of nitrogens with one attached hydrogen (secondary N) is 1. The lowest BCUT2D eigenvalue weighted by Gasteiger charge is -2.39. The molecule has 0 spiro atoms. The maximum atomic E-state index is 12.6. The summed E-state index contributed by atoms with van der Waals surface area (Å²) in [4.78, 5) is 24.9. The van der Waals surface area contributed by atoms with Crippen LogP contribution in [0.1, 0.15) is 26.3 Å². The number of esters is 1. The van der Waals surface area contributed by atoms with Crippen LogP contribution >= 0.6 is 0 Å². The Morgan fingerprint density at radius 1 is 1.28 bits per heavy atom. The van der Waals surface area contributed by atoms with Gasteiger partial charge in [0.05, 0.1) is 18.7 Å². The van der Waals surface area contributed by atoms with E-state index in [2.05, 4.69) is 5.32 Å². The zero-order valence-corrected chi connectivity index (χ0v) is 13.1. The number of benzene rings is 1. The smallest absolute Gasteiger partial charge is 0.342 e. The summed E-state index contributed by atoms with van der Waals surface area (Å²) >= 11 is 0. The minimum Gasteiger partial charge on any atom is -0.465 e. The van der Waals surface area contributed by atoms with Crippen LogP contribution in [0.5, 0.6) is 11.5 Å². The van der Waals surface area contributed by atoms with Crippen molar-refractivity contribution in [1.29, 1.82) is 0 Å². The Bertz CT molecular complexity index is 817. The molecule has 132 valence electrons. The van der Waals surface area contributed by atoms with E-state index in [4.69, 9.17) is 14.2 Å². The predicted molar refractivity (Wildman–Crippen MR) is 81.2 cm³/mol. The molecule has 4 rings (SSSR count). The Kier molecular flexibility index (Phi) is 3.46. The summed E-state index contributed by atoms with van der Waals surface area (Å²) in [5.74, 6) is -1.04. The molecule has 4 atom stereocenters. The van der Waals surface area contributed by atoms with Crippen LogP contribution in [-0.4, -0.2) is 65.5 Å². The summed E-state index contributed by atoms with van der Waals surface area (Å²) in [6, 6.07) is 0.586. The third-order valence-electron chi connectivity index (χ3n) is 4.60. The van der Waals surface area contributed by atoms with Gasteiger partial charge in [-0.15, -0.1) is 0 Å². The number of hydrogen-bond donors (Lipinski definition) is 4. The molecular formula is C16H15NO8. The summed E-state index contributed by atoms with van der Waals surface area (Å²) in [7, 11) is 1.18. The van der Waals surface area contributed by atoms with Crippen molar-refractivity contribution in [3.05, 3.63) is 28.8 Å². The lowest BCUT2D eigenvalue weighted by molar-refractivity contribution is -0.0535. The molecule has 3 aliphatic rings. The highest BCUT2D eigenvalue weighted by Gasteiger charge is 2.45. The first-order chi connectivity index (χ1) is 11.9. The van der Waals surface area contributed by atoms with Crippen molar-refractivity contribution in [2.24, 2.45) is 0 Å². The van der Waals surface area contributed by atoms with Gasteiger partial charge in [0, 0.05) is 0 Å². The van der Waals surface area contributed by atoms with Gasteiger partial charge in [-0.2, -0.15) is 0 Å². The van der Waals surface area contributed by atoms with Gasteiger partial charge >= 0.3 is 5.97 Å². The van der Waals surface area contributed by atoms with Gasteiger partial charge < -0.3 is 34.8 Å². The highest BCUT2D eigenvalue weighted by molar-refractivity contribution is 6.13. The number of carbonyl (C=O) groups excluding carboxylic acids is 2. The van der Waals surface area contributed by atoms with Crippen molar-refractivity contribution < 1.29 is 39.1 Å². The van der Waals surface area contributed by atoms with E-state index in [1.807, 2.05) is 0 Å². The number of carbonyl (C=O) groups is 2. The Morgan fingerprint density at radius 3 is 2.76 bits per heavy atom. The number of methoxy groups -OCH3 is 1. The number of ether oxygens (including phenoxy) is 3. The summed E-state index contributed by atoms with van der Waals surface area (Å²) < 4.78 is 15.4. The van der Waals surface area contributed by atoms with Crippen molar-refractivity contribution in [3.63, 3.8) is 0 Å². The summed E-state index contributed by atoms with van der Waals surface area (Å²) in [6.07, 6.45) is -2.83. The first-order valence-electron chi connectivity index (χ1n) is 7.56. The van der Waals surface area contributed by atoms with Crippen molar-refractivity contribution in [2.75, 3.05) is 13.9 Å². The van der Waals surface area contributed by atoms with E-state index in [1.54, 1.807) is 0 Å². The molecule has 0 fully saturated rings. The summed E-state index contributed by atoms with van der Waals surface area (Å²) in [5.41, 5.74) is 0.612. The second kappa shape index (κ2) is 5.45. The quantitative estimate of drug-likeness (QED) is 0.464. The molecular weight excluding hydrogens is 334 g/mol. The Labute approximate surface area is 141 Å². The minimum atomic E-state index is -1.44. The number of hydrogen-bond acceptors (Lipinski definition) is 8. The van der Waals surface area contributed by atoms with Crippen LogP contribution in [0.3, 0.4) is 0 Å². The van der Waals surface area contributed by atoms with Gasteiger partial charge in [-0.25, -0.2) is 4.79 Å². The third-order valence-corrected chi connectivity index (χ3v) is 4.60.